The lowest BCUT2D eigenvalue weighted by molar-refractivity contribution is -0.122. The molecule has 1 amide bonds. The average Bonchev–Trinajstić information content (AvgIpc) is 2.64. The van der Waals surface area contributed by atoms with E-state index in [2.05, 4.69) is 17.4 Å². The van der Waals surface area contributed by atoms with Crippen LogP contribution in [0.5, 0.6) is 0 Å². The summed E-state index contributed by atoms with van der Waals surface area (Å²) >= 11 is 0. The van der Waals surface area contributed by atoms with Crippen molar-refractivity contribution >= 4 is 21.6 Å². The van der Waals surface area contributed by atoms with Crippen molar-refractivity contribution < 1.29 is 13.2 Å². The molecule has 0 fully saturated rings. The third-order valence-electron chi connectivity index (χ3n) is 4.40. The smallest absolute Gasteiger partial charge is 0.243 e. The largest absolute Gasteiger partial charge is 0.354 e. The summed E-state index contributed by atoms with van der Waals surface area (Å²) < 4.78 is 26.0. The number of carbonyl (C=O) groups excluding carboxylic acids is 1. The maximum absolute atomic E-state index is 12.7. The van der Waals surface area contributed by atoms with E-state index in [1.165, 1.54) is 9.87 Å². The zero-order chi connectivity index (χ0) is 19.9. The van der Waals surface area contributed by atoms with E-state index in [1.54, 1.807) is 12.1 Å². The molecule has 0 spiro atoms. The number of carbonyl (C=O) groups is 1. The lowest BCUT2D eigenvalue weighted by Gasteiger charge is -2.30. The summed E-state index contributed by atoms with van der Waals surface area (Å²) in [6, 6.07) is 16.5. The summed E-state index contributed by atoms with van der Waals surface area (Å²) in [6.07, 6.45) is 3.20. The molecule has 0 radical (unpaired) electrons. The van der Waals surface area contributed by atoms with E-state index in [4.69, 9.17) is 0 Å². The molecule has 2 rings (SSSR count). The first-order valence-corrected chi connectivity index (χ1v) is 11.1. The molecule has 0 saturated carbocycles. The van der Waals surface area contributed by atoms with Crippen LogP contribution in [0.1, 0.15) is 30.9 Å². The van der Waals surface area contributed by atoms with Crippen molar-refractivity contribution in [2.45, 2.75) is 39.2 Å². The molecule has 0 aromatic heterocycles. The number of aryl methyl sites for hydroxylation is 2. The first-order valence-electron chi connectivity index (χ1n) is 9.20. The Morgan fingerprint density at radius 2 is 1.70 bits per heavy atom. The monoisotopic (exact) mass is 388 g/mol. The Morgan fingerprint density at radius 3 is 2.26 bits per heavy atom. The highest BCUT2D eigenvalue weighted by Gasteiger charge is 2.31. The summed E-state index contributed by atoms with van der Waals surface area (Å²) in [4.78, 5) is 12.7. The van der Waals surface area contributed by atoms with Crippen molar-refractivity contribution in [1.82, 2.24) is 5.32 Å². The Hall–Kier alpha value is -2.34. The van der Waals surface area contributed by atoms with Gasteiger partial charge in [0.2, 0.25) is 15.9 Å². The highest BCUT2D eigenvalue weighted by atomic mass is 32.2. The van der Waals surface area contributed by atoms with Crippen molar-refractivity contribution in [2.75, 3.05) is 17.1 Å². The van der Waals surface area contributed by atoms with E-state index in [0.29, 0.717) is 18.7 Å². The Morgan fingerprint density at radius 1 is 1.07 bits per heavy atom. The first kappa shape index (κ1) is 21.0. The second-order valence-corrected chi connectivity index (χ2v) is 8.56. The number of benzene rings is 2. The van der Waals surface area contributed by atoms with Gasteiger partial charge in [-0.2, -0.15) is 0 Å². The number of nitrogens with zero attached hydrogens (tertiary/aromatic N) is 1. The van der Waals surface area contributed by atoms with Crippen LogP contribution in [0, 0.1) is 6.92 Å². The Balaban J connectivity index is 2.04. The van der Waals surface area contributed by atoms with Crippen LogP contribution in [-0.4, -0.2) is 33.2 Å². The van der Waals surface area contributed by atoms with E-state index < -0.39 is 16.1 Å². The molecule has 0 aliphatic carbocycles. The van der Waals surface area contributed by atoms with Gasteiger partial charge in [0.15, 0.2) is 0 Å². The normalized spacial score (nSPS) is 12.4. The molecule has 1 unspecified atom stereocenters. The predicted octanol–water partition coefficient (Wildman–Crippen LogP) is 3.29. The fourth-order valence-corrected chi connectivity index (χ4v) is 4.23. The summed E-state index contributed by atoms with van der Waals surface area (Å²) in [5.74, 6) is -0.267. The van der Waals surface area contributed by atoms with Crippen molar-refractivity contribution in [3.8, 4) is 0 Å². The minimum atomic E-state index is -3.59. The average molecular weight is 389 g/mol. The molecule has 0 aliphatic heterocycles. The minimum absolute atomic E-state index is 0.267. The number of nitrogens with one attached hydrogen (secondary N) is 1. The minimum Gasteiger partial charge on any atom is -0.354 e. The molecule has 6 heteroatoms. The van der Waals surface area contributed by atoms with Crippen molar-refractivity contribution in [3.63, 3.8) is 0 Å². The zero-order valence-electron chi connectivity index (χ0n) is 16.2. The van der Waals surface area contributed by atoms with E-state index in [0.717, 1.165) is 24.7 Å². The van der Waals surface area contributed by atoms with E-state index >= 15 is 0 Å². The molecular formula is C21H28N2O3S. The van der Waals surface area contributed by atoms with Gasteiger partial charge in [-0.25, -0.2) is 8.42 Å². The third kappa shape index (κ3) is 6.10. The van der Waals surface area contributed by atoms with Crippen LogP contribution in [0.2, 0.25) is 0 Å². The second kappa shape index (κ2) is 9.55. The molecule has 27 heavy (non-hydrogen) atoms. The number of rotatable bonds is 9. The van der Waals surface area contributed by atoms with Gasteiger partial charge in [-0.3, -0.25) is 9.10 Å². The standard InChI is InChI=1S/C21H28N2O3S/c1-4-20(21(24)22-16-8-11-18-9-6-5-7-10-18)23(27(3,25)26)19-14-12-17(2)13-15-19/h5-7,9-10,12-15,20H,4,8,11,16H2,1-3H3,(H,22,24). The van der Waals surface area contributed by atoms with Gasteiger partial charge in [-0.15, -0.1) is 0 Å². The number of sulfonamides is 1. The van der Waals surface area contributed by atoms with E-state index in [1.807, 2.05) is 44.2 Å². The van der Waals surface area contributed by atoms with Crippen LogP contribution < -0.4 is 9.62 Å². The van der Waals surface area contributed by atoms with Crippen LogP contribution in [0.25, 0.3) is 0 Å². The Bertz CT molecular complexity index is 833. The fourth-order valence-electron chi connectivity index (χ4n) is 3.02. The molecule has 0 aliphatic rings. The summed E-state index contributed by atoms with van der Waals surface area (Å²) in [5, 5.41) is 2.89. The van der Waals surface area contributed by atoms with Crippen LogP contribution in [0.4, 0.5) is 5.69 Å². The molecule has 0 bridgehead atoms. The predicted molar refractivity (Wildman–Crippen MR) is 110 cm³/mol. The topological polar surface area (TPSA) is 66.5 Å². The molecule has 146 valence electrons. The van der Waals surface area contributed by atoms with Crippen molar-refractivity contribution in [1.29, 1.82) is 0 Å². The third-order valence-corrected chi connectivity index (χ3v) is 5.58. The van der Waals surface area contributed by atoms with Gasteiger partial charge in [-0.1, -0.05) is 55.0 Å². The molecule has 1 atom stereocenters. The highest BCUT2D eigenvalue weighted by molar-refractivity contribution is 7.92. The maximum atomic E-state index is 12.7. The number of anilines is 1. The first-order chi connectivity index (χ1) is 12.8. The van der Waals surface area contributed by atoms with Gasteiger partial charge in [-0.05, 0) is 43.9 Å². The quantitative estimate of drug-likeness (QED) is 0.671. The van der Waals surface area contributed by atoms with Crippen LogP contribution in [0.3, 0.4) is 0 Å². The Labute approximate surface area is 162 Å². The van der Waals surface area contributed by atoms with Gasteiger partial charge in [0.1, 0.15) is 6.04 Å². The van der Waals surface area contributed by atoms with Gasteiger partial charge < -0.3 is 5.32 Å². The molecular weight excluding hydrogens is 360 g/mol. The number of hydrogen-bond acceptors (Lipinski definition) is 3. The summed E-state index contributed by atoms with van der Waals surface area (Å²) in [7, 11) is -3.59. The fraction of sp³-hybridized carbons (Fsp3) is 0.381. The van der Waals surface area contributed by atoms with Gasteiger partial charge in [0.05, 0.1) is 11.9 Å². The van der Waals surface area contributed by atoms with Gasteiger partial charge in [0.25, 0.3) is 0 Å². The van der Waals surface area contributed by atoms with Gasteiger partial charge >= 0.3 is 0 Å². The maximum Gasteiger partial charge on any atom is 0.243 e. The molecule has 1 N–H and O–H groups in total. The molecule has 0 saturated heterocycles. The lowest BCUT2D eigenvalue weighted by atomic mass is 10.1. The van der Waals surface area contributed by atoms with Crippen LogP contribution in [0.15, 0.2) is 54.6 Å². The second-order valence-electron chi connectivity index (χ2n) is 6.70. The highest BCUT2D eigenvalue weighted by Crippen LogP contribution is 2.23. The van der Waals surface area contributed by atoms with Crippen molar-refractivity contribution in [3.05, 3.63) is 65.7 Å². The summed E-state index contributed by atoms with van der Waals surface area (Å²) in [6.45, 7) is 4.27. The molecule has 2 aromatic carbocycles. The van der Waals surface area contributed by atoms with Crippen LogP contribution >= 0.6 is 0 Å². The Kier molecular flexibility index (Phi) is 7.42. The van der Waals surface area contributed by atoms with Crippen molar-refractivity contribution in [2.24, 2.45) is 0 Å². The van der Waals surface area contributed by atoms with E-state index in [9.17, 15) is 13.2 Å². The lowest BCUT2D eigenvalue weighted by Crippen LogP contribution is -2.49. The number of hydrogen-bond donors (Lipinski definition) is 1. The van der Waals surface area contributed by atoms with Gasteiger partial charge in [0, 0.05) is 6.54 Å². The zero-order valence-corrected chi connectivity index (χ0v) is 17.0. The summed E-state index contributed by atoms with van der Waals surface area (Å²) in [5.41, 5.74) is 2.76. The molecule has 0 heterocycles. The number of amides is 1. The van der Waals surface area contributed by atoms with Crippen LogP contribution in [-0.2, 0) is 21.2 Å². The molecule has 5 nitrogen and oxygen atoms in total. The van der Waals surface area contributed by atoms with E-state index in [-0.39, 0.29) is 5.91 Å². The SMILES string of the molecule is CCC(C(=O)NCCCc1ccccc1)N(c1ccc(C)cc1)S(C)(=O)=O. The molecule has 2 aromatic rings.